The molecule has 0 radical (unpaired) electrons. The first kappa shape index (κ1) is 15.2. The van der Waals surface area contributed by atoms with Crippen LogP contribution in [0.2, 0.25) is 0 Å². The van der Waals surface area contributed by atoms with Gasteiger partial charge in [-0.15, -0.1) is 11.3 Å². The Balaban J connectivity index is 1.47. The van der Waals surface area contributed by atoms with Gasteiger partial charge in [0.05, 0.1) is 6.26 Å². The fourth-order valence-electron chi connectivity index (χ4n) is 2.34. The zero-order valence-corrected chi connectivity index (χ0v) is 13.7. The van der Waals surface area contributed by atoms with Gasteiger partial charge >= 0.3 is 0 Å². The van der Waals surface area contributed by atoms with Gasteiger partial charge in [0.15, 0.2) is 5.96 Å². The van der Waals surface area contributed by atoms with Crippen molar-refractivity contribution in [3.8, 4) is 0 Å². The molecule has 1 saturated carbocycles. The Bertz CT molecular complexity index is 577. The average molecular weight is 317 g/mol. The lowest BCUT2D eigenvalue weighted by Gasteiger charge is -2.11. The molecule has 0 bridgehead atoms. The second-order valence-electron chi connectivity index (χ2n) is 5.78. The van der Waals surface area contributed by atoms with Crippen molar-refractivity contribution in [1.29, 1.82) is 0 Å². The van der Waals surface area contributed by atoms with Crippen LogP contribution in [0, 0.1) is 5.92 Å². The molecule has 2 unspecified atom stereocenters. The van der Waals surface area contributed by atoms with E-state index in [-0.39, 0.29) is 0 Å². The van der Waals surface area contributed by atoms with E-state index in [1.165, 1.54) is 11.3 Å². The minimum atomic E-state index is 0.580. The number of nitrogens with one attached hydrogen (secondary N) is 2. The number of guanidine groups is 1. The van der Waals surface area contributed by atoms with Crippen molar-refractivity contribution in [2.24, 2.45) is 10.9 Å². The number of hydrogen-bond acceptors (Lipinski definition) is 3. The van der Waals surface area contributed by atoms with E-state index in [0.29, 0.717) is 6.04 Å². The minimum absolute atomic E-state index is 0.580. The predicted molar refractivity (Wildman–Crippen MR) is 91.4 cm³/mol. The molecule has 2 aromatic rings. The molecule has 2 atom stereocenters. The second kappa shape index (κ2) is 7.49. The molecule has 0 saturated heterocycles. The van der Waals surface area contributed by atoms with Crippen molar-refractivity contribution in [2.75, 3.05) is 13.1 Å². The summed E-state index contributed by atoms with van der Waals surface area (Å²) in [5.74, 6) is 2.69. The maximum Gasteiger partial charge on any atom is 0.191 e. The zero-order valence-electron chi connectivity index (χ0n) is 12.9. The first-order chi connectivity index (χ1) is 10.8. The third-order valence-electron chi connectivity index (χ3n) is 3.88. The molecule has 0 spiro atoms. The van der Waals surface area contributed by atoms with Gasteiger partial charge in [0.1, 0.15) is 5.76 Å². The van der Waals surface area contributed by atoms with Crippen molar-refractivity contribution in [3.05, 3.63) is 46.5 Å². The summed E-state index contributed by atoms with van der Waals surface area (Å²) in [5, 5.41) is 9.04. The standard InChI is InChI=1S/C17H23N3OS/c1-13-12-16(13)20-17(18-8-6-14-4-2-10-21-14)19-9-7-15-5-3-11-22-15/h2-5,10-11,13,16H,6-9,12H2,1H3,(H2,18,19,20). The predicted octanol–water partition coefficient (Wildman–Crippen LogP) is 3.07. The minimum Gasteiger partial charge on any atom is -0.469 e. The van der Waals surface area contributed by atoms with Crippen LogP contribution in [0.5, 0.6) is 0 Å². The molecule has 4 nitrogen and oxygen atoms in total. The number of furan rings is 1. The molecule has 0 aliphatic heterocycles. The normalized spacial score (nSPS) is 20.9. The number of nitrogens with zero attached hydrogens (tertiary/aromatic N) is 1. The van der Waals surface area contributed by atoms with Crippen molar-refractivity contribution in [1.82, 2.24) is 10.6 Å². The largest absolute Gasteiger partial charge is 0.469 e. The maximum atomic E-state index is 5.36. The van der Waals surface area contributed by atoms with E-state index in [4.69, 9.17) is 9.41 Å². The highest BCUT2D eigenvalue weighted by atomic mass is 32.1. The van der Waals surface area contributed by atoms with Gasteiger partial charge in [0.2, 0.25) is 0 Å². The molecule has 118 valence electrons. The molecule has 0 amide bonds. The van der Waals surface area contributed by atoms with Crippen LogP contribution in [-0.4, -0.2) is 25.1 Å². The topological polar surface area (TPSA) is 49.6 Å². The highest BCUT2D eigenvalue weighted by molar-refractivity contribution is 7.09. The fourth-order valence-corrected chi connectivity index (χ4v) is 3.04. The lowest BCUT2D eigenvalue weighted by atomic mass is 10.3. The van der Waals surface area contributed by atoms with Crippen LogP contribution in [0.3, 0.4) is 0 Å². The first-order valence-electron chi connectivity index (χ1n) is 7.91. The van der Waals surface area contributed by atoms with E-state index in [2.05, 4.69) is 35.1 Å². The van der Waals surface area contributed by atoms with Crippen LogP contribution in [0.15, 0.2) is 45.3 Å². The molecule has 1 aliphatic rings. The van der Waals surface area contributed by atoms with Crippen molar-refractivity contribution in [2.45, 2.75) is 32.2 Å². The van der Waals surface area contributed by atoms with Gasteiger partial charge in [0, 0.05) is 36.9 Å². The van der Waals surface area contributed by atoms with E-state index in [9.17, 15) is 0 Å². The Hall–Kier alpha value is -1.75. The third-order valence-corrected chi connectivity index (χ3v) is 4.82. The van der Waals surface area contributed by atoms with Gasteiger partial charge in [0.25, 0.3) is 0 Å². The van der Waals surface area contributed by atoms with Crippen LogP contribution in [0.4, 0.5) is 0 Å². The monoisotopic (exact) mass is 317 g/mol. The molecule has 2 heterocycles. The van der Waals surface area contributed by atoms with E-state index in [1.54, 1.807) is 17.6 Å². The first-order valence-corrected chi connectivity index (χ1v) is 8.79. The highest BCUT2D eigenvalue weighted by Crippen LogP contribution is 2.28. The second-order valence-corrected chi connectivity index (χ2v) is 6.81. The van der Waals surface area contributed by atoms with Crippen LogP contribution in [-0.2, 0) is 12.8 Å². The lowest BCUT2D eigenvalue weighted by molar-refractivity contribution is 0.506. The Kier molecular flexibility index (Phi) is 5.16. The van der Waals surface area contributed by atoms with E-state index in [1.807, 2.05) is 12.1 Å². The van der Waals surface area contributed by atoms with Crippen LogP contribution in [0.25, 0.3) is 0 Å². The zero-order chi connectivity index (χ0) is 15.2. The van der Waals surface area contributed by atoms with Gasteiger partial charge in [-0.2, -0.15) is 0 Å². The Labute approximate surface area is 135 Å². The summed E-state index contributed by atoms with van der Waals surface area (Å²) in [6, 6.07) is 8.77. The smallest absolute Gasteiger partial charge is 0.191 e. The summed E-state index contributed by atoms with van der Waals surface area (Å²) in [6.07, 6.45) is 4.83. The molecular weight excluding hydrogens is 294 g/mol. The summed E-state index contributed by atoms with van der Waals surface area (Å²) in [7, 11) is 0. The number of rotatable bonds is 7. The van der Waals surface area contributed by atoms with Crippen molar-refractivity contribution >= 4 is 17.3 Å². The summed E-state index contributed by atoms with van der Waals surface area (Å²) in [5.41, 5.74) is 0. The molecule has 5 heteroatoms. The van der Waals surface area contributed by atoms with E-state index >= 15 is 0 Å². The summed E-state index contributed by atoms with van der Waals surface area (Å²) in [6.45, 7) is 3.92. The van der Waals surface area contributed by atoms with Gasteiger partial charge in [-0.1, -0.05) is 13.0 Å². The van der Waals surface area contributed by atoms with Crippen LogP contribution < -0.4 is 10.6 Å². The molecule has 0 aromatic carbocycles. The van der Waals surface area contributed by atoms with Crippen molar-refractivity contribution in [3.63, 3.8) is 0 Å². The lowest BCUT2D eigenvalue weighted by Crippen LogP contribution is -2.40. The summed E-state index contributed by atoms with van der Waals surface area (Å²) < 4.78 is 5.36. The summed E-state index contributed by atoms with van der Waals surface area (Å²) >= 11 is 1.79. The molecule has 1 aliphatic carbocycles. The Morgan fingerprint density at radius 3 is 2.95 bits per heavy atom. The molecule has 1 fully saturated rings. The summed E-state index contributed by atoms with van der Waals surface area (Å²) in [4.78, 5) is 6.09. The molecule has 22 heavy (non-hydrogen) atoms. The maximum absolute atomic E-state index is 5.36. The van der Waals surface area contributed by atoms with Crippen LogP contribution >= 0.6 is 11.3 Å². The van der Waals surface area contributed by atoms with E-state index < -0.39 is 0 Å². The number of thiophene rings is 1. The van der Waals surface area contributed by atoms with Gasteiger partial charge in [-0.25, -0.2) is 0 Å². The number of aliphatic imine (C=N–C) groups is 1. The highest BCUT2D eigenvalue weighted by Gasteiger charge is 2.33. The molecule has 3 rings (SSSR count). The third kappa shape index (κ3) is 4.63. The molecule has 2 aromatic heterocycles. The SMILES string of the molecule is CC1CC1NC(=NCCc1cccs1)NCCc1ccco1. The van der Waals surface area contributed by atoms with Gasteiger partial charge in [-0.3, -0.25) is 4.99 Å². The quantitative estimate of drug-likeness (QED) is 0.609. The van der Waals surface area contributed by atoms with Gasteiger partial charge in [-0.05, 0) is 35.9 Å². The van der Waals surface area contributed by atoms with Crippen molar-refractivity contribution < 1.29 is 4.42 Å². The fraction of sp³-hybridized carbons (Fsp3) is 0.471. The average Bonchev–Trinajstić information content (AvgIpc) is 2.96. The Morgan fingerprint density at radius 1 is 1.36 bits per heavy atom. The van der Waals surface area contributed by atoms with E-state index in [0.717, 1.165) is 43.6 Å². The van der Waals surface area contributed by atoms with Crippen LogP contribution in [0.1, 0.15) is 24.0 Å². The molecule has 2 N–H and O–H groups in total. The Morgan fingerprint density at radius 2 is 2.27 bits per heavy atom. The molecular formula is C17H23N3OS. The van der Waals surface area contributed by atoms with Gasteiger partial charge < -0.3 is 15.1 Å². The number of hydrogen-bond donors (Lipinski definition) is 2.